The SMILES string of the molecule is CC(CCC(=O)O)Nc1cc(Cl)c(F)cc1[N+](=O)[O-]. The maximum atomic E-state index is 13.2. The van der Waals surface area contributed by atoms with E-state index in [9.17, 15) is 19.3 Å². The highest BCUT2D eigenvalue weighted by molar-refractivity contribution is 6.31. The lowest BCUT2D eigenvalue weighted by molar-refractivity contribution is -0.384. The molecule has 19 heavy (non-hydrogen) atoms. The number of benzene rings is 1. The molecule has 1 unspecified atom stereocenters. The third kappa shape index (κ3) is 4.36. The summed E-state index contributed by atoms with van der Waals surface area (Å²) in [7, 11) is 0. The summed E-state index contributed by atoms with van der Waals surface area (Å²) in [5.74, 6) is -1.84. The zero-order valence-electron chi connectivity index (χ0n) is 10.0. The number of nitrogens with one attached hydrogen (secondary N) is 1. The van der Waals surface area contributed by atoms with Crippen LogP contribution in [0.15, 0.2) is 12.1 Å². The number of carboxylic acids is 1. The molecule has 104 valence electrons. The van der Waals surface area contributed by atoms with Gasteiger partial charge in [0.15, 0.2) is 0 Å². The monoisotopic (exact) mass is 290 g/mol. The second-order valence-corrected chi connectivity index (χ2v) is 4.43. The van der Waals surface area contributed by atoms with E-state index in [4.69, 9.17) is 16.7 Å². The topological polar surface area (TPSA) is 92.5 Å². The number of nitro groups is 1. The number of halogens is 2. The number of rotatable bonds is 6. The van der Waals surface area contributed by atoms with Crippen molar-refractivity contribution in [3.05, 3.63) is 33.1 Å². The van der Waals surface area contributed by atoms with Crippen molar-refractivity contribution in [3.63, 3.8) is 0 Å². The van der Waals surface area contributed by atoms with Gasteiger partial charge in [0.25, 0.3) is 5.69 Å². The summed E-state index contributed by atoms with van der Waals surface area (Å²) in [6.07, 6.45) is 0.207. The lowest BCUT2D eigenvalue weighted by Crippen LogP contribution is -2.17. The first-order chi connectivity index (χ1) is 8.81. The second kappa shape index (κ2) is 6.33. The van der Waals surface area contributed by atoms with Crippen molar-refractivity contribution in [1.29, 1.82) is 0 Å². The summed E-state index contributed by atoms with van der Waals surface area (Å²) < 4.78 is 13.2. The second-order valence-electron chi connectivity index (χ2n) is 4.02. The van der Waals surface area contributed by atoms with E-state index in [0.717, 1.165) is 12.1 Å². The molecule has 1 rings (SSSR count). The molecule has 1 aromatic rings. The van der Waals surface area contributed by atoms with Gasteiger partial charge in [0.2, 0.25) is 0 Å². The molecule has 0 fully saturated rings. The highest BCUT2D eigenvalue weighted by atomic mass is 35.5. The van der Waals surface area contributed by atoms with Crippen LogP contribution in [-0.4, -0.2) is 22.0 Å². The van der Waals surface area contributed by atoms with Gasteiger partial charge in [-0.1, -0.05) is 11.6 Å². The van der Waals surface area contributed by atoms with Crippen LogP contribution in [0.4, 0.5) is 15.8 Å². The van der Waals surface area contributed by atoms with E-state index in [-0.39, 0.29) is 29.6 Å². The molecule has 0 spiro atoms. The predicted octanol–water partition coefficient (Wildman–Crippen LogP) is 3.05. The smallest absolute Gasteiger partial charge is 0.303 e. The molecule has 0 aliphatic rings. The molecule has 0 radical (unpaired) electrons. The number of hydrogen-bond acceptors (Lipinski definition) is 4. The summed E-state index contributed by atoms with van der Waals surface area (Å²) in [6, 6.07) is 1.53. The Morgan fingerprint density at radius 2 is 2.26 bits per heavy atom. The van der Waals surface area contributed by atoms with Gasteiger partial charge in [-0.15, -0.1) is 0 Å². The van der Waals surface area contributed by atoms with Crippen molar-refractivity contribution in [2.24, 2.45) is 0 Å². The Labute approximate surface area is 113 Å². The van der Waals surface area contributed by atoms with Crippen LogP contribution in [0.25, 0.3) is 0 Å². The molecule has 0 aliphatic carbocycles. The van der Waals surface area contributed by atoms with E-state index in [2.05, 4.69) is 5.32 Å². The Bertz CT molecular complexity index is 510. The molecule has 1 atom stereocenters. The van der Waals surface area contributed by atoms with Crippen molar-refractivity contribution in [3.8, 4) is 0 Å². The molecule has 0 bridgehead atoms. The van der Waals surface area contributed by atoms with Crippen LogP contribution < -0.4 is 5.32 Å². The number of anilines is 1. The largest absolute Gasteiger partial charge is 0.481 e. The first-order valence-corrected chi connectivity index (χ1v) is 5.80. The first-order valence-electron chi connectivity index (χ1n) is 5.43. The molecule has 0 heterocycles. The Hall–Kier alpha value is -1.89. The minimum atomic E-state index is -0.958. The van der Waals surface area contributed by atoms with Crippen LogP contribution >= 0.6 is 11.6 Å². The van der Waals surface area contributed by atoms with E-state index < -0.39 is 22.4 Å². The summed E-state index contributed by atoms with van der Waals surface area (Å²) in [5, 5.41) is 21.9. The number of nitro benzene ring substituents is 1. The molecule has 1 aromatic carbocycles. The van der Waals surface area contributed by atoms with Gasteiger partial charge >= 0.3 is 5.97 Å². The summed E-state index contributed by atoms with van der Waals surface area (Å²) >= 11 is 5.57. The van der Waals surface area contributed by atoms with Crippen molar-refractivity contribution >= 4 is 28.9 Å². The van der Waals surface area contributed by atoms with E-state index in [1.165, 1.54) is 0 Å². The fourth-order valence-corrected chi connectivity index (χ4v) is 1.64. The molecular formula is C11H12ClFN2O4. The maximum absolute atomic E-state index is 13.2. The van der Waals surface area contributed by atoms with Gasteiger partial charge in [-0.25, -0.2) is 4.39 Å². The standard InChI is InChI=1S/C11H12ClFN2O4/c1-6(2-3-11(16)17)14-9-4-7(12)8(13)5-10(9)15(18)19/h4-6,14H,2-3H2,1H3,(H,16,17). The van der Waals surface area contributed by atoms with E-state index in [0.29, 0.717) is 0 Å². The fourth-order valence-electron chi connectivity index (χ4n) is 1.48. The highest BCUT2D eigenvalue weighted by Crippen LogP contribution is 2.31. The van der Waals surface area contributed by atoms with Crippen LogP contribution in [0, 0.1) is 15.9 Å². The van der Waals surface area contributed by atoms with E-state index >= 15 is 0 Å². The van der Waals surface area contributed by atoms with Crippen LogP contribution in [0.2, 0.25) is 5.02 Å². The van der Waals surface area contributed by atoms with Gasteiger partial charge in [-0.3, -0.25) is 14.9 Å². The predicted molar refractivity (Wildman–Crippen MR) is 68.0 cm³/mol. The molecule has 2 N–H and O–H groups in total. The number of nitrogens with zero attached hydrogens (tertiary/aromatic N) is 1. The normalized spacial score (nSPS) is 11.9. The van der Waals surface area contributed by atoms with Crippen LogP contribution in [0.3, 0.4) is 0 Å². The first kappa shape index (κ1) is 15.2. The summed E-state index contributed by atoms with van der Waals surface area (Å²) in [4.78, 5) is 20.5. The lowest BCUT2D eigenvalue weighted by atomic mass is 10.1. The Kier molecular flexibility index (Phi) is 5.05. The Morgan fingerprint density at radius 1 is 1.63 bits per heavy atom. The van der Waals surface area contributed by atoms with E-state index in [1.807, 2.05) is 0 Å². The third-order valence-corrected chi connectivity index (χ3v) is 2.72. The molecule has 0 saturated heterocycles. The molecule has 0 saturated carbocycles. The highest BCUT2D eigenvalue weighted by Gasteiger charge is 2.19. The van der Waals surface area contributed by atoms with Crippen molar-refractivity contribution in [1.82, 2.24) is 0 Å². The average molecular weight is 291 g/mol. The maximum Gasteiger partial charge on any atom is 0.303 e. The van der Waals surface area contributed by atoms with Gasteiger partial charge in [0, 0.05) is 12.5 Å². The molecule has 8 heteroatoms. The number of hydrogen-bond donors (Lipinski definition) is 2. The average Bonchev–Trinajstić information content (AvgIpc) is 2.30. The van der Waals surface area contributed by atoms with Gasteiger partial charge < -0.3 is 10.4 Å². The Morgan fingerprint density at radius 3 is 2.79 bits per heavy atom. The van der Waals surface area contributed by atoms with E-state index in [1.54, 1.807) is 6.92 Å². The fraction of sp³-hybridized carbons (Fsp3) is 0.364. The Balaban J connectivity index is 2.90. The summed E-state index contributed by atoms with van der Waals surface area (Å²) in [5.41, 5.74) is -0.377. The minimum Gasteiger partial charge on any atom is -0.481 e. The van der Waals surface area contributed by atoms with Crippen LogP contribution in [-0.2, 0) is 4.79 Å². The molecule has 0 aromatic heterocycles. The zero-order chi connectivity index (χ0) is 14.6. The lowest BCUT2D eigenvalue weighted by Gasteiger charge is -2.14. The molecule has 0 aliphatic heterocycles. The quantitative estimate of drug-likeness (QED) is 0.620. The van der Waals surface area contributed by atoms with Crippen molar-refractivity contribution in [2.75, 3.05) is 5.32 Å². The molecule has 6 nitrogen and oxygen atoms in total. The van der Waals surface area contributed by atoms with Gasteiger partial charge in [0.1, 0.15) is 11.5 Å². The van der Waals surface area contributed by atoms with Crippen molar-refractivity contribution in [2.45, 2.75) is 25.8 Å². The third-order valence-electron chi connectivity index (χ3n) is 2.43. The molecular weight excluding hydrogens is 279 g/mol. The number of carbonyl (C=O) groups is 1. The number of aliphatic carboxylic acids is 1. The zero-order valence-corrected chi connectivity index (χ0v) is 10.8. The summed E-state index contributed by atoms with van der Waals surface area (Å²) in [6.45, 7) is 1.67. The van der Waals surface area contributed by atoms with Crippen molar-refractivity contribution < 1.29 is 19.2 Å². The van der Waals surface area contributed by atoms with Crippen LogP contribution in [0.5, 0.6) is 0 Å². The minimum absolute atomic E-state index is 0.0642. The number of carboxylic acid groups (broad SMARTS) is 1. The van der Waals surface area contributed by atoms with Gasteiger partial charge in [0.05, 0.1) is 16.0 Å². The van der Waals surface area contributed by atoms with Gasteiger partial charge in [-0.05, 0) is 19.4 Å². The van der Waals surface area contributed by atoms with Crippen LogP contribution in [0.1, 0.15) is 19.8 Å². The molecule has 0 amide bonds. The van der Waals surface area contributed by atoms with Gasteiger partial charge in [-0.2, -0.15) is 0 Å².